The van der Waals surface area contributed by atoms with Gasteiger partial charge in [-0.15, -0.1) is 0 Å². The Bertz CT molecular complexity index is 223. The van der Waals surface area contributed by atoms with Gasteiger partial charge in [-0.1, -0.05) is 13.8 Å². The number of hydrogen-bond donors (Lipinski definition) is 1. The predicted octanol–water partition coefficient (Wildman–Crippen LogP) is 2.88. The van der Waals surface area contributed by atoms with E-state index in [2.05, 4.69) is 0 Å². The summed E-state index contributed by atoms with van der Waals surface area (Å²) in [5.74, 6) is -1.08. The maximum atomic E-state index is 12.5. The molecule has 90 valence electrons. The molecule has 1 amide bonds. The molecule has 1 unspecified atom stereocenters. The van der Waals surface area contributed by atoms with Crippen LogP contribution in [0.5, 0.6) is 0 Å². The van der Waals surface area contributed by atoms with E-state index in [0.29, 0.717) is 12.8 Å². The molecule has 0 bridgehead atoms. The first-order valence-electron chi connectivity index (χ1n) is 5.13. The summed E-state index contributed by atoms with van der Waals surface area (Å²) in [6.07, 6.45) is -3.29. The molecule has 1 saturated carbocycles. The van der Waals surface area contributed by atoms with Gasteiger partial charge in [0.2, 0.25) is 5.91 Å². The molecule has 1 aliphatic rings. The lowest BCUT2D eigenvalue weighted by Gasteiger charge is -2.32. The van der Waals surface area contributed by atoms with Crippen molar-refractivity contribution < 1.29 is 18.0 Å². The summed E-state index contributed by atoms with van der Waals surface area (Å²) in [5, 5.41) is 1.99. The van der Waals surface area contributed by atoms with Gasteiger partial charge in [0, 0.05) is 6.92 Å². The van der Waals surface area contributed by atoms with Crippen molar-refractivity contribution in [3.8, 4) is 0 Å². The van der Waals surface area contributed by atoms with Gasteiger partial charge in [0.05, 0.1) is 0 Å². The molecule has 1 aliphatic carbocycles. The van der Waals surface area contributed by atoms with Crippen molar-refractivity contribution in [1.29, 1.82) is 0 Å². The van der Waals surface area contributed by atoms with Crippen LogP contribution < -0.4 is 5.32 Å². The quantitative estimate of drug-likeness (QED) is 0.769. The normalized spacial score (nSPS) is 19.7. The molecule has 5 heteroatoms. The Morgan fingerprint density at radius 2 is 1.67 bits per heavy atom. The van der Waals surface area contributed by atoms with Gasteiger partial charge in [-0.05, 0) is 25.7 Å². The summed E-state index contributed by atoms with van der Waals surface area (Å²) >= 11 is 0. The molecule has 0 radical (unpaired) electrons. The molecule has 0 spiro atoms. The molecule has 1 rings (SSSR count). The van der Waals surface area contributed by atoms with E-state index < -0.39 is 23.5 Å². The molecule has 0 aliphatic heterocycles. The number of rotatable bonds is 2. The van der Waals surface area contributed by atoms with Gasteiger partial charge in [0.25, 0.3) is 0 Å². The van der Waals surface area contributed by atoms with E-state index >= 15 is 0 Å². The number of amides is 1. The van der Waals surface area contributed by atoms with Crippen LogP contribution in [-0.4, -0.2) is 17.6 Å². The van der Waals surface area contributed by atoms with Crippen molar-refractivity contribution in [2.75, 3.05) is 0 Å². The second-order valence-electron chi connectivity index (χ2n) is 3.66. The molecule has 0 aromatic rings. The van der Waals surface area contributed by atoms with E-state index in [1.807, 2.05) is 19.2 Å². The smallest absolute Gasteiger partial charge is 0.342 e. The molecule has 1 N–H and O–H groups in total. The van der Waals surface area contributed by atoms with Gasteiger partial charge < -0.3 is 5.32 Å². The van der Waals surface area contributed by atoms with E-state index in [9.17, 15) is 18.0 Å². The Balaban J connectivity index is 0.000000921. The van der Waals surface area contributed by atoms with Crippen LogP contribution >= 0.6 is 0 Å². The predicted molar refractivity (Wildman–Crippen MR) is 52.3 cm³/mol. The molecule has 0 aromatic carbocycles. The van der Waals surface area contributed by atoms with E-state index in [0.717, 1.165) is 13.8 Å². The van der Waals surface area contributed by atoms with Crippen molar-refractivity contribution >= 4 is 5.91 Å². The molecule has 1 atom stereocenters. The summed E-state index contributed by atoms with van der Waals surface area (Å²) < 4.78 is 37.6. The van der Waals surface area contributed by atoms with E-state index in [1.165, 1.54) is 0 Å². The first kappa shape index (κ1) is 14.3. The number of carbonyl (C=O) groups excluding carboxylic acids is 1. The van der Waals surface area contributed by atoms with Crippen LogP contribution in [-0.2, 0) is 4.79 Å². The molecular formula is C10H18F3NO. The van der Waals surface area contributed by atoms with E-state index in [-0.39, 0.29) is 0 Å². The lowest BCUT2D eigenvalue weighted by molar-refractivity contribution is -0.199. The standard InChI is InChI=1S/C8H12F3NO.C2H6/c1-5(13)12-7(2,6-3-4-6)8(9,10)11;1-2/h6H,3-4H2,1-2H3,(H,12,13);1-2H3. The van der Waals surface area contributed by atoms with Crippen molar-refractivity contribution in [2.45, 2.75) is 52.3 Å². The number of hydrogen-bond acceptors (Lipinski definition) is 1. The number of nitrogens with one attached hydrogen (secondary N) is 1. The van der Waals surface area contributed by atoms with E-state index in [1.54, 1.807) is 0 Å². The van der Waals surface area contributed by atoms with Crippen molar-refractivity contribution in [3.63, 3.8) is 0 Å². The second kappa shape index (κ2) is 4.86. The molecule has 15 heavy (non-hydrogen) atoms. The molecule has 2 nitrogen and oxygen atoms in total. The SMILES string of the molecule is CC.CC(=O)NC(C)(C1CC1)C(F)(F)F. The Hall–Kier alpha value is -0.740. The summed E-state index contributed by atoms with van der Waals surface area (Å²) in [7, 11) is 0. The average Bonchev–Trinajstić information content (AvgIpc) is 2.86. The number of alkyl halides is 3. The van der Waals surface area contributed by atoms with Crippen molar-refractivity contribution in [2.24, 2.45) is 5.92 Å². The van der Waals surface area contributed by atoms with Gasteiger partial charge >= 0.3 is 6.18 Å². The third kappa shape index (κ3) is 3.39. The minimum absolute atomic E-state index is 0.448. The zero-order chi connectivity index (χ0) is 12.3. The first-order chi connectivity index (χ1) is 6.77. The van der Waals surface area contributed by atoms with Crippen LogP contribution in [0.15, 0.2) is 0 Å². The van der Waals surface area contributed by atoms with Crippen LogP contribution in [0, 0.1) is 5.92 Å². The fourth-order valence-corrected chi connectivity index (χ4v) is 1.43. The minimum Gasteiger partial charge on any atom is -0.342 e. The molecule has 1 fully saturated rings. The Morgan fingerprint density at radius 1 is 1.27 bits per heavy atom. The zero-order valence-electron chi connectivity index (χ0n) is 9.53. The van der Waals surface area contributed by atoms with Gasteiger partial charge in [-0.25, -0.2) is 0 Å². The molecule has 0 aromatic heterocycles. The highest BCUT2D eigenvalue weighted by Gasteiger charge is 2.59. The first-order valence-corrected chi connectivity index (χ1v) is 5.13. The molecule has 0 saturated heterocycles. The monoisotopic (exact) mass is 225 g/mol. The summed E-state index contributed by atoms with van der Waals surface area (Å²) in [6, 6.07) is 0. The lowest BCUT2D eigenvalue weighted by Crippen LogP contribution is -2.57. The maximum absolute atomic E-state index is 12.5. The Morgan fingerprint density at radius 3 is 1.87 bits per heavy atom. The highest BCUT2D eigenvalue weighted by atomic mass is 19.4. The Labute approximate surface area is 88.2 Å². The fraction of sp³-hybridized carbons (Fsp3) is 0.900. The second-order valence-corrected chi connectivity index (χ2v) is 3.66. The van der Waals surface area contributed by atoms with E-state index in [4.69, 9.17) is 0 Å². The highest BCUT2D eigenvalue weighted by Crippen LogP contribution is 2.47. The zero-order valence-corrected chi connectivity index (χ0v) is 9.53. The number of halogens is 3. The van der Waals surface area contributed by atoms with Crippen molar-refractivity contribution in [3.05, 3.63) is 0 Å². The minimum atomic E-state index is -4.36. The van der Waals surface area contributed by atoms with Crippen LogP contribution in [0.3, 0.4) is 0 Å². The summed E-state index contributed by atoms with van der Waals surface area (Å²) in [6.45, 7) is 6.15. The third-order valence-electron chi connectivity index (χ3n) is 2.42. The van der Waals surface area contributed by atoms with Crippen LogP contribution in [0.1, 0.15) is 40.5 Å². The van der Waals surface area contributed by atoms with Crippen LogP contribution in [0.4, 0.5) is 13.2 Å². The lowest BCUT2D eigenvalue weighted by atomic mass is 9.95. The maximum Gasteiger partial charge on any atom is 0.411 e. The Kier molecular flexibility index (Phi) is 4.62. The summed E-state index contributed by atoms with van der Waals surface area (Å²) in [5.41, 5.74) is -2.03. The average molecular weight is 225 g/mol. The van der Waals surface area contributed by atoms with Crippen LogP contribution in [0.25, 0.3) is 0 Å². The summed E-state index contributed by atoms with van der Waals surface area (Å²) in [4.78, 5) is 10.6. The largest absolute Gasteiger partial charge is 0.411 e. The van der Waals surface area contributed by atoms with Crippen LogP contribution in [0.2, 0.25) is 0 Å². The fourth-order valence-electron chi connectivity index (χ4n) is 1.43. The van der Waals surface area contributed by atoms with Gasteiger partial charge in [0.15, 0.2) is 0 Å². The number of carbonyl (C=O) groups is 1. The highest BCUT2D eigenvalue weighted by molar-refractivity contribution is 5.74. The molecular weight excluding hydrogens is 207 g/mol. The molecule has 0 heterocycles. The topological polar surface area (TPSA) is 29.1 Å². The van der Waals surface area contributed by atoms with Gasteiger partial charge in [0.1, 0.15) is 5.54 Å². The van der Waals surface area contributed by atoms with Gasteiger partial charge in [-0.2, -0.15) is 13.2 Å². The van der Waals surface area contributed by atoms with Crippen molar-refractivity contribution in [1.82, 2.24) is 5.32 Å². The van der Waals surface area contributed by atoms with Gasteiger partial charge in [-0.3, -0.25) is 4.79 Å². The third-order valence-corrected chi connectivity index (χ3v) is 2.42.